The average molecular weight is 657 g/mol. The lowest BCUT2D eigenvalue weighted by Crippen LogP contribution is -2.53. The lowest BCUT2D eigenvalue weighted by Gasteiger charge is -2.34. The standard InChI is InChI=1S/C33H32Cl2FN3O4S/c1-3-37-33(41)31(20-24-7-5-4-6-8-24)38(21-25-11-18-29(34)30(35)19-25)32(40)22-39(27-14-12-26(36)13-15-27)44(42,43)28-16-9-23(2)10-17-28/h4-19,31H,3,20-22H2,1-2H3,(H,37,41)/t31-/m0/s1. The Morgan fingerprint density at radius 1 is 0.864 bits per heavy atom. The summed E-state index contributed by atoms with van der Waals surface area (Å²) < 4.78 is 42.8. The van der Waals surface area contributed by atoms with Gasteiger partial charge in [0.05, 0.1) is 20.6 Å². The molecule has 4 aromatic carbocycles. The molecule has 0 aromatic heterocycles. The minimum absolute atomic E-state index is 0.0409. The molecule has 230 valence electrons. The first-order valence-electron chi connectivity index (χ1n) is 13.9. The number of rotatable bonds is 12. The molecular formula is C33H32Cl2FN3O4S. The van der Waals surface area contributed by atoms with Crippen LogP contribution in [-0.4, -0.2) is 44.3 Å². The Hall–Kier alpha value is -3.92. The van der Waals surface area contributed by atoms with Crippen LogP contribution in [0.2, 0.25) is 10.0 Å². The molecule has 0 saturated heterocycles. The van der Waals surface area contributed by atoms with Gasteiger partial charge in [-0.2, -0.15) is 0 Å². The van der Waals surface area contributed by atoms with Gasteiger partial charge in [0.2, 0.25) is 11.8 Å². The van der Waals surface area contributed by atoms with E-state index in [1.54, 1.807) is 37.3 Å². The molecule has 0 saturated carbocycles. The summed E-state index contributed by atoms with van der Waals surface area (Å²) in [6.45, 7) is 3.20. The highest BCUT2D eigenvalue weighted by Crippen LogP contribution is 2.27. The summed E-state index contributed by atoms with van der Waals surface area (Å²) in [6, 6.07) is 24.1. The maximum Gasteiger partial charge on any atom is 0.264 e. The van der Waals surface area contributed by atoms with Crippen molar-refractivity contribution in [1.82, 2.24) is 10.2 Å². The Kier molecular flexibility index (Phi) is 11.0. The van der Waals surface area contributed by atoms with Crippen molar-refractivity contribution in [3.05, 3.63) is 130 Å². The molecule has 7 nitrogen and oxygen atoms in total. The van der Waals surface area contributed by atoms with Gasteiger partial charge >= 0.3 is 0 Å². The molecule has 0 aliphatic carbocycles. The predicted molar refractivity (Wildman–Crippen MR) is 172 cm³/mol. The zero-order chi connectivity index (χ0) is 31.9. The number of nitrogens with zero attached hydrogens (tertiary/aromatic N) is 2. The summed E-state index contributed by atoms with van der Waals surface area (Å²) >= 11 is 12.4. The number of hydrogen-bond acceptors (Lipinski definition) is 4. The second kappa shape index (κ2) is 14.7. The molecule has 1 N–H and O–H groups in total. The lowest BCUT2D eigenvalue weighted by atomic mass is 10.0. The molecule has 4 aromatic rings. The van der Waals surface area contributed by atoms with Gasteiger partial charge in [0.1, 0.15) is 18.4 Å². The third-order valence-corrected chi connectivity index (χ3v) is 9.49. The minimum Gasteiger partial charge on any atom is -0.355 e. The van der Waals surface area contributed by atoms with E-state index in [1.807, 2.05) is 37.3 Å². The van der Waals surface area contributed by atoms with Crippen LogP contribution in [0.4, 0.5) is 10.1 Å². The van der Waals surface area contributed by atoms with Gasteiger partial charge in [-0.3, -0.25) is 13.9 Å². The number of likely N-dealkylation sites (N-methyl/N-ethyl adjacent to an activating group) is 1. The Morgan fingerprint density at radius 3 is 2.14 bits per heavy atom. The van der Waals surface area contributed by atoms with Crippen LogP contribution in [0.15, 0.2) is 102 Å². The highest BCUT2D eigenvalue weighted by atomic mass is 35.5. The quantitative estimate of drug-likeness (QED) is 0.191. The fourth-order valence-electron chi connectivity index (χ4n) is 4.65. The average Bonchev–Trinajstić information content (AvgIpc) is 3.00. The first-order chi connectivity index (χ1) is 21.0. The van der Waals surface area contributed by atoms with E-state index in [1.165, 1.54) is 29.2 Å². The van der Waals surface area contributed by atoms with Crippen molar-refractivity contribution in [3.8, 4) is 0 Å². The second-order valence-corrected chi connectivity index (χ2v) is 12.8. The predicted octanol–water partition coefficient (Wildman–Crippen LogP) is 6.41. The molecule has 0 unspecified atom stereocenters. The van der Waals surface area contributed by atoms with Crippen LogP contribution in [0.25, 0.3) is 0 Å². The van der Waals surface area contributed by atoms with E-state index in [2.05, 4.69) is 5.32 Å². The van der Waals surface area contributed by atoms with Gasteiger partial charge < -0.3 is 10.2 Å². The van der Waals surface area contributed by atoms with Gasteiger partial charge in [-0.05, 0) is 73.5 Å². The molecule has 2 amide bonds. The Labute approximate surface area is 267 Å². The zero-order valence-electron chi connectivity index (χ0n) is 24.2. The number of nitrogens with one attached hydrogen (secondary N) is 1. The smallest absolute Gasteiger partial charge is 0.264 e. The molecule has 0 radical (unpaired) electrons. The fourth-order valence-corrected chi connectivity index (χ4v) is 6.39. The number of carbonyl (C=O) groups is 2. The van der Waals surface area contributed by atoms with Crippen molar-refractivity contribution in [2.75, 3.05) is 17.4 Å². The van der Waals surface area contributed by atoms with Gasteiger partial charge in [-0.25, -0.2) is 12.8 Å². The topological polar surface area (TPSA) is 86.8 Å². The molecule has 0 aliphatic heterocycles. The summed E-state index contributed by atoms with van der Waals surface area (Å²) in [5, 5.41) is 3.40. The molecule has 0 aliphatic rings. The zero-order valence-corrected chi connectivity index (χ0v) is 26.5. The van der Waals surface area contributed by atoms with Crippen molar-refractivity contribution in [2.24, 2.45) is 0 Å². The molecular weight excluding hydrogens is 624 g/mol. The van der Waals surface area contributed by atoms with Crippen molar-refractivity contribution in [2.45, 2.75) is 37.8 Å². The lowest BCUT2D eigenvalue weighted by molar-refractivity contribution is -0.140. The summed E-state index contributed by atoms with van der Waals surface area (Å²) in [4.78, 5) is 29.2. The third-order valence-electron chi connectivity index (χ3n) is 6.96. The van der Waals surface area contributed by atoms with Crippen LogP contribution in [0.5, 0.6) is 0 Å². The highest BCUT2D eigenvalue weighted by Gasteiger charge is 2.34. The maximum absolute atomic E-state index is 14.3. The first kappa shape index (κ1) is 33.0. The third kappa shape index (κ3) is 8.16. The van der Waals surface area contributed by atoms with Crippen molar-refractivity contribution in [3.63, 3.8) is 0 Å². The van der Waals surface area contributed by atoms with Gasteiger partial charge in [0, 0.05) is 19.5 Å². The van der Waals surface area contributed by atoms with Crippen molar-refractivity contribution < 1.29 is 22.4 Å². The van der Waals surface area contributed by atoms with E-state index < -0.39 is 40.2 Å². The molecule has 11 heteroatoms. The van der Waals surface area contributed by atoms with Gasteiger partial charge in [-0.1, -0.05) is 77.3 Å². The summed E-state index contributed by atoms with van der Waals surface area (Å²) in [5.74, 6) is -1.61. The van der Waals surface area contributed by atoms with Crippen LogP contribution in [0, 0.1) is 12.7 Å². The summed E-state index contributed by atoms with van der Waals surface area (Å²) in [7, 11) is -4.29. The minimum atomic E-state index is -4.29. The molecule has 4 rings (SSSR count). The van der Waals surface area contributed by atoms with Crippen LogP contribution in [0.1, 0.15) is 23.6 Å². The van der Waals surface area contributed by atoms with E-state index in [4.69, 9.17) is 23.2 Å². The molecule has 44 heavy (non-hydrogen) atoms. The molecule has 1 atom stereocenters. The normalized spacial score (nSPS) is 11.9. The van der Waals surface area contributed by atoms with E-state index in [9.17, 15) is 22.4 Å². The van der Waals surface area contributed by atoms with E-state index >= 15 is 0 Å². The number of amides is 2. The van der Waals surface area contributed by atoms with Crippen molar-refractivity contribution in [1.29, 1.82) is 0 Å². The van der Waals surface area contributed by atoms with E-state index in [0.717, 1.165) is 27.6 Å². The number of halogens is 3. The van der Waals surface area contributed by atoms with Gasteiger partial charge in [-0.15, -0.1) is 0 Å². The Bertz CT molecular complexity index is 1700. The number of aryl methyl sites for hydroxylation is 1. The first-order valence-corrected chi connectivity index (χ1v) is 16.1. The number of anilines is 1. The second-order valence-electron chi connectivity index (χ2n) is 10.2. The SMILES string of the molecule is CCNC(=O)[C@H](Cc1ccccc1)N(Cc1ccc(Cl)c(Cl)c1)C(=O)CN(c1ccc(F)cc1)S(=O)(=O)c1ccc(C)cc1. The van der Waals surface area contributed by atoms with E-state index in [-0.39, 0.29) is 28.6 Å². The molecule has 0 fully saturated rings. The van der Waals surface area contributed by atoms with Crippen LogP contribution in [0.3, 0.4) is 0 Å². The Morgan fingerprint density at radius 2 is 1.52 bits per heavy atom. The fraction of sp³-hybridized carbons (Fsp3) is 0.212. The van der Waals surface area contributed by atoms with E-state index in [0.29, 0.717) is 17.1 Å². The van der Waals surface area contributed by atoms with Gasteiger partial charge in [0.15, 0.2) is 0 Å². The number of hydrogen-bond donors (Lipinski definition) is 1. The van der Waals surface area contributed by atoms with Crippen LogP contribution >= 0.6 is 23.2 Å². The Balaban J connectivity index is 1.80. The molecule has 0 heterocycles. The number of carbonyl (C=O) groups excluding carboxylic acids is 2. The van der Waals surface area contributed by atoms with Crippen LogP contribution < -0.4 is 9.62 Å². The van der Waals surface area contributed by atoms with Crippen LogP contribution in [-0.2, 0) is 32.6 Å². The van der Waals surface area contributed by atoms with Crippen molar-refractivity contribution >= 4 is 50.7 Å². The number of sulfonamides is 1. The monoisotopic (exact) mass is 655 g/mol. The summed E-state index contributed by atoms with van der Waals surface area (Å²) in [5.41, 5.74) is 2.34. The molecule has 0 spiro atoms. The highest BCUT2D eigenvalue weighted by molar-refractivity contribution is 7.92. The maximum atomic E-state index is 14.3. The molecule has 0 bridgehead atoms. The largest absolute Gasteiger partial charge is 0.355 e. The summed E-state index contributed by atoms with van der Waals surface area (Å²) in [6.07, 6.45) is 0.168. The van der Waals surface area contributed by atoms with Gasteiger partial charge in [0.25, 0.3) is 10.0 Å². The number of benzene rings is 4.